The van der Waals surface area contributed by atoms with Crippen molar-refractivity contribution in [3.63, 3.8) is 0 Å². The van der Waals surface area contributed by atoms with Gasteiger partial charge in [-0.3, -0.25) is 4.90 Å². The number of carbonyl (C=O) groups excluding carboxylic acids is 1. The van der Waals surface area contributed by atoms with Crippen LogP contribution in [0.1, 0.15) is 24.4 Å². The van der Waals surface area contributed by atoms with Gasteiger partial charge in [0.25, 0.3) is 5.89 Å². The summed E-state index contributed by atoms with van der Waals surface area (Å²) < 4.78 is 25.0. The van der Waals surface area contributed by atoms with Gasteiger partial charge in [-0.15, -0.1) is 0 Å². The molecule has 1 unspecified atom stereocenters. The van der Waals surface area contributed by atoms with Crippen molar-refractivity contribution in [2.24, 2.45) is 0 Å². The van der Waals surface area contributed by atoms with Gasteiger partial charge < -0.3 is 14.6 Å². The lowest BCUT2D eigenvalue weighted by molar-refractivity contribution is 0.244. The Labute approximate surface area is 205 Å². The average molecular weight is 491 g/mol. The molecular weight excluding hydrogens is 471 g/mol. The predicted molar refractivity (Wildman–Crippen MR) is 130 cm³/mol. The number of nitrogens with one attached hydrogen (secondary N) is 1. The molecule has 7 nitrogen and oxygen atoms in total. The molecule has 35 heavy (non-hydrogen) atoms. The highest BCUT2D eigenvalue weighted by Crippen LogP contribution is 2.39. The molecule has 0 saturated carbocycles. The van der Waals surface area contributed by atoms with E-state index in [4.69, 9.17) is 20.9 Å². The molecule has 2 amide bonds. The van der Waals surface area contributed by atoms with E-state index in [1.807, 2.05) is 24.3 Å². The normalized spacial score (nSPS) is 15.8. The largest absolute Gasteiger partial charge is 0.497 e. The Hall–Kier alpha value is -4.17. The second kappa shape index (κ2) is 9.23. The molecule has 0 radical (unpaired) electrons. The Morgan fingerprint density at radius 2 is 1.89 bits per heavy atom. The molecule has 0 saturated heterocycles. The topological polar surface area (TPSA) is 80.5 Å². The van der Waals surface area contributed by atoms with Gasteiger partial charge in [-0.05, 0) is 55.0 Å². The molecule has 5 rings (SSSR count). The van der Waals surface area contributed by atoms with E-state index < -0.39 is 17.9 Å². The Morgan fingerprint density at radius 3 is 2.66 bits per heavy atom. The summed E-state index contributed by atoms with van der Waals surface area (Å²) in [6.07, 6.45) is 0. The van der Waals surface area contributed by atoms with Crippen LogP contribution in [0.4, 0.5) is 14.9 Å². The number of allylic oxidation sites excluding steroid dienone is 1. The molecule has 4 aromatic rings. The van der Waals surface area contributed by atoms with Crippen molar-refractivity contribution in [2.45, 2.75) is 13.0 Å². The third-order valence-electron chi connectivity index (χ3n) is 5.72. The van der Waals surface area contributed by atoms with Gasteiger partial charge in [-0.25, -0.2) is 9.18 Å². The molecule has 3 aromatic carbocycles. The van der Waals surface area contributed by atoms with E-state index in [1.54, 1.807) is 50.4 Å². The third kappa shape index (κ3) is 4.36. The van der Waals surface area contributed by atoms with Crippen LogP contribution >= 0.6 is 11.6 Å². The number of nitrogens with zero attached hydrogens (tertiary/aromatic N) is 3. The molecule has 9 heteroatoms. The summed E-state index contributed by atoms with van der Waals surface area (Å²) in [6, 6.07) is 19.2. The molecule has 1 atom stereocenters. The van der Waals surface area contributed by atoms with E-state index in [-0.39, 0.29) is 5.89 Å². The van der Waals surface area contributed by atoms with Crippen molar-refractivity contribution in [3.8, 4) is 17.1 Å². The second-order valence-corrected chi connectivity index (χ2v) is 8.34. The molecule has 0 aliphatic carbocycles. The van der Waals surface area contributed by atoms with Crippen LogP contribution in [0.15, 0.2) is 83.0 Å². The highest BCUT2D eigenvalue weighted by atomic mass is 35.5. The van der Waals surface area contributed by atoms with Crippen LogP contribution < -0.4 is 15.0 Å². The third-order valence-corrected chi connectivity index (χ3v) is 5.95. The summed E-state index contributed by atoms with van der Waals surface area (Å²) in [5.74, 6) is 0.771. The highest BCUT2D eigenvalue weighted by Gasteiger charge is 2.36. The number of aromatic nitrogens is 2. The van der Waals surface area contributed by atoms with Crippen LogP contribution in [0.3, 0.4) is 0 Å². The van der Waals surface area contributed by atoms with Crippen LogP contribution in [0.5, 0.6) is 5.75 Å². The summed E-state index contributed by atoms with van der Waals surface area (Å²) in [5, 5.41) is 7.65. The summed E-state index contributed by atoms with van der Waals surface area (Å²) in [7, 11) is 1.58. The lowest BCUT2D eigenvalue weighted by Crippen LogP contribution is -2.46. The van der Waals surface area contributed by atoms with Crippen LogP contribution in [0.25, 0.3) is 17.0 Å². The van der Waals surface area contributed by atoms with E-state index in [1.165, 1.54) is 17.0 Å². The lowest BCUT2D eigenvalue weighted by Gasteiger charge is -2.35. The Balaban J connectivity index is 1.66. The monoisotopic (exact) mass is 490 g/mol. The summed E-state index contributed by atoms with van der Waals surface area (Å²) in [6.45, 7) is 1.76. The minimum atomic E-state index is -0.621. The van der Waals surface area contributed by atoms with E-state index in [0.717, 1.165) is 5.56 Å². The van der Waals surface area contributed by atoms with Crippen LogP contribution in [-0.2, 0) is 0 Å². The number of anilines is 1. The lowest BCUT2D eigenvalue weighted by atomic mass is 9.94. The first-order valence-corrected chi connectivity index (χ1v) is 11.1. The smallest absolute Gasteiger partial charge is 0.327 e. The van der Waals surface area contributed by atoms with Crippen molar-refractivity contribution in [1.29, 1.82) is 0 Å². The maximum absolute atomic E-state index is 14.0. The summed E-state index contributed by atoms with van der Waals surface area (Å²) >= 11 is 6.24. The maximum Gasteiger partial charge on any atom is 0.327 e. The van der Waals surface area contributed by atoms with Gasteiger partial charge in [0.15, 0.2) is 0 Å². The number of carbonyl (C=O) groups is 1. The Morgan fingerprint density at radius 1 is 1.09 bits per heavy atom. The first kappa shape index (κ1) is 22.6. The van der Waals surface area contributed by atoms with Gasteiger partial charge in [0.05, 0.1) is 24.4 Å². The quantitative estimate of drug-likeness (QED) is 0.358. The van der Waals surface area contributed by atoms with E-state index >= 15 is 0 Å². The fourth-order valence-electron chi connectivity index (χ4n) is 4.09. The predicted octanol–water partition coefficient (Wildman–Crippen LogP) is 6.24. The molecule has 1 aliphatic heterocycles. The number of benzene rings is 3. The zero-order valence-corrected chi connectivity index (χ0v) is 19.6. The van der Waals surface area contributed by atoms with Gasteiger partial charge >= 0.3 is 6.03 Å². The number of halogens is 2. The number of methoxy groups -OCH3 is 1. The molecule has 2 heterocycles. The Kier molecular flexibility index (Phi) is 5.96. The number of urea groups is 1. The number of hydrogen-bond donors (Lipinski definition) is 1. The van der Waals surface area contributed by atoms with Gasteiger partial charge in [0.2, 0.25) is 5.82 Å². The molecule has 0 fully saturated rings. The summed E-state index contributed by atoms with van der Waals surface area (Å²) in [5.41, 5.74) is 2.90. The van der Waals surface area contributed by atoms with Crippen LogP contribution in [0, 0.1) is 5.82 Å². The number of rotatable bonds is 5. The van der Waals surface area contributed by atoms with Crippen molar-refractivity contribution < 1.29 is 18.4 Å². The number of hydrogen-bond acceptors (Lipinski definition) is 5. The minimum Gasteiger partial charge on any atom is -0.497 e. The SMILES string of the molecule is COc1cccc(-c2noc(C3=C(C)N(c4cccc(F)c4)C(=O)NC3c3cccc(Cl)c3)n2)c1. The molecule has 1 aromatic heterocycles. The maximum atomic E-state index is 14.0. The van der Waals surface area contributed by atoms with Crippen molar-refractivity contribution in [3.05, 3.63) is 101 Å². The van der Waals surface area contributed by atoms with Gasteiger partial charge in [0.1, 0.15) is 11.6 Å². The van der Waals surface area contributed by atoms with Gasteiger partial charge in [0, 0.05) is 16.3 Å². The standard InChI is InChI=1S/C26H20ClFN4O3/c1-15-22(25-30-24(31-35-25)17-7-4-11-21(13-17)34-2)23(16-6-3-8-18(27)12-16)29-26(33)32(15)20-10-5-9-19(28)14-20/h3-14,23H,1-2H3,(H,29,33). The highest BCUT2D eigenvalue weighted by molar-refractivity contribution is 6.30. The molecule has 1 aliphatic rings. The van der Waals surface area contributed by atoms with Crippen molar-refractivity contribution in [1.82, 2.24) is 15.5 Å². The van der Waals surface area contributed by atoms with E-state index in [9.17, 15) is 9.18 Å². The molecule has 1 N–H and O–H groups in total. The Bertz CT molecular complexity index is 1450. The van der Waals surface area contributed by atoms with Gasteiger partial charge in [-0.2, -0.15) is 4.98 Å². The summed E-state index contributed by atoms with van der Waals surface area (Å²) in [4.78, 5) is 19.2. The first-order chi connectivity index (χ1) is 16.9. The van der Waals surface area contributed by atoms with Crippen molar-refractivity contribution >= 4 is 28.9 Å². The number of ether oxygens (including phenoxy) is 1. The van der Waals surface area contributed by atoms with Crippen molar-refractivity contribution in [2.75, 3.05) is 12.0 Å². The molecule has 176 valence electrons. The minimum absolute atomic E-state index is 0.215. The zero-order chi connectivity index (χ0) is 24.5. The fourth-order valence-corrected chi connectivity index (χ4v) is 4.29. The second-order valence-electron chi connectivity index (χ2n) is 7.91. The average Bonchev–Trinajstić information content (AvgIpc) is 3.33. The van der Waals surface area contributed by atoms with E-state index in [0.29, 0.717) is 39.1 Å². The molecule has 0 bridgehead atoms. The van der Waals surface area contributed by atoms with Crippen LogP contribution in [-0.4, -0.2) is 23.3 Å². The van der Waals surface area contributed by atoms with Gasteiger partial charge in [-0.1, -0.05) is 47.1 Å². The van der Waals surface area contributed by atoms with E-state index in [2.05, 4.69) is 15.5 Å². The number of amides is 2. The molecular formula is C26H20ClFN4O3. The van der Waals surface area contributed by atoms with Crippen LogP contribution in [0.2, 0.25) is 5.02 Å². The zero-order valence-electron chi connectivity index (χ0n) is 18.8. The first-order valence-electron chi connectivity index (χ1n) is 10.8. The molecule has 0 spiro atoms. The fraction of sp³-hybridized carbons (Fsp3) is 0.115.